The minimum atomic E-state index is -1.99. The first-order valence-corrected chi connectivity index (χ1v) is 11.3. The number of nitrogens with one attached hydrogen (secondary N) is 1. The van der Waals surface area contributed by atoms with E-state index in [2.05, 4.69) is 63.0 Å². The number of benzene rings is 2. The predicted molar refractivity (Wildman–Crippen MR) is 109 cm³/mol. The maximum atomic E-state index is 9.76. The second kappa shape index (κ2) is 8.73. The van der Waals surface area contributed by atoms with E-state index in [9.17, 15) is 5.11 Å². The van der Waals surface area contributed by atoms with Crippen LogP contribution in [-0.2, 0) is 32.6 Å². The molecule has 1 aliphatic heterocycles. The molecule has 2 N–H and O–H groups in total. The van der Waals surface area contributed by atoms with Gasteiger partial charge < -0.3 is 39.7 Å². The van der Waals surface area contributed by atoms with Crippen LogP contribution in [0.15, 0.2) is 30.3 Å². The number of anilines is 1. The van der Waals surface area contributed by atoms with Crippen molar-refractivity contribution in [2.75, 3.05) is 19.0 Å². The molecule has 4 rings (SSSR count). The summed E-state index contributed by atoms with van der Waals surface area (Å²) in [4.78, 5) is 0. The Morgan fingerprint density at radius 2 is 1.79 bits per heavy atom. The molecular weight excluding hydrogens is 445 g/mol. The summed E-state index contributed by atoms with van der Waals surface area (Å²) in [7, 11) is -0.153. The largest absolute Gasteiger partial charge is 3.00 e. The minimum absolute atomic E-state index is 0. The smallest absolute Gasteiger partial charge is 1.00 e. The van der Waals surface area contributed by atoms with Gasteiger partial charge in [0.25, 0.3) is 0 Å². The van der Waals surface area contributed by atoms with Crippen LogP contribution in [0.2, 0.25) is 6.55 Å². The maximum absolute atomic E-state index is 9.76. The molecule has 1 radical (unpaired) electrons. The van der Waals surface area contributed by atoms with Gasteiger partial charge in [-0.05, 0) is 38.9 Å². The molecule has 1 unspecified atom stereocenters. The molecule has 0 saturated carbocycles. The summed E-state index contributed by atoms with van der Waals surface area (Å²) in [6, 6.07) is 10.9. The Bertz CT molecular complexity index is 1000. The third-order valence-electron chi connectivity index (χ3n) is 5.33. The van der Waals surface area contributed by atoms with Gasteiger partial charge >= 0.3 is 21.7 Å². The monoisotopic (exact) mass is 470 g/mol. The zero-order valence-electron chi connectivity index (χ0n) is 16.9. The van der Waals surface area contributed by atoms with Gasteiger partial charge in [-0.15, -0.1) is 33.7 Å². The Morgan fingerprint density at radius 1 is 1.14 bits per heavy atom. The Hall–Kier alpha value is -0.459. The molecule has 3 aromatic rings. The Morgan fingerprint density at radius 3 is 2.36 bits per heavy atom. The van der Waals surface area contributed by atoms with Crippen LogP contribution < -0.4 is 40.5 Å². The summed E-state index contributed by atoms with van der Waals surface area (Å²) in [6.07, 6.45) is 0.657. The molecule has 0 fully saturated rings. The van der Waals surface area contributed by atoms with Crippen LogP contribution in [0.1, 0.15) is 26.3 Å². The number of hydrogen-bond donors (Lipinski definition) is 2. The summed E-state index contributed by atoms with van der Waals surface area (Å²) in [5.74, 6) is 0. The van der Waals surface area contributed by atoms with Crippen molar-refractivity contribution in [2.24, 2.45) is 0 Å². The van der Waals surface area contributed by atoms with E-state index in [4.69, 9.17) is 4.43 Å². The number of halogens is 2. The summed E-state index contributed by atoms with van der Waals surface area (Å²) in [6.45, 7) is 8.99. The molecule has 0 aromatic heterocycles. The molecule has 0 amide bonds. The molecule has 1 atom stereocenters. The van der Waals surface area contributed by atoms with E-state index >= 15 is 0 Å². The SMILES string of the molecule is CO[Si]1(C)c2c(NC(C)(C)C)c(CCO)c3c([cH-]c4ccccc43)c21.[Cl-].[Cl-].[Ti+3]. The van der Waals surface area contributed by atoms with Crippen LogP contribution in [0, 0.1) is 0 Å². The molecule has 28 heavy (non-hydrogen) atoms. The van der Waals surface area contributed by atoms with E-state index in [1.165, 1.54) is 43.2 Å². The molecule has 149 valence electrons. The molecule has 1 aliphatic rings. The van der Waals surface area contributed by atoms with E-state index in [1.54, 1.807) is 0 Å². The second-order valence-corrected chi connectivity index (χ2v) is 11.7. The molecule has 0 aliphatic carbocycles. The minimum Gasteiger partial charge on any atom is -1.00 e. The van der Waals surface area contributed by atoms with E-state index in [0.717, 1.165) is 0 Å². The van der Waals surface area contributed by atoms with Gasteiger partial charge in [0.2, 0.25) is 8.32 Å². The molecule has 1 heterocycles. The topological polar surface area (TPSA) is 41.5 Å². The number of fused-ring (bicyclic) bond motifs is 5. The fourth-order valence-corrected chi connectivity index (χ4v) is 7.53. The van der Waals surface area contributed by atoms with Crippen molar-refractivity contribution in [3.8, 4) is 0 Å². The molecule has 3 nitrogen and oxygen atoms in total. The van der Waals surface area contributed by atoms with Gasteiger partial charge in [0, 0.05) is 24.9 Å². The number of aliphatic hydroxyl groups excluding tert-OH is 1. The maximum Gasteiger partial charge on any atom is 3.00 e. The average molecular weight is 471 g/mol. The molecule has 0 bridgehead atoms. The Kier molecular flexibility index (Phi) is 7.97. The van der Waals surface area contributed by atoms with Crippen LogP contribution in [0.3, 0.4) is 0 Å². The summed E-state index contributed by atoms with van der Waals surface area (Å²) in [5.41, 5.74) is 2.40. The molecule has 0 saturated heterocycles. The third-order valence-corrected chi connectivity index (χ3v) is 8.83. The molecule has 3 aromatic carbocycles. The van der Waals surface area contributed by atoms with Gasteiger partial charge in [0.15, 0.2) is 0 Å². The predicted octanol–water partition coefficient (Wildman–Crippen LogP) is -2.89. The van der Waals surface area contributed by atoms with Crippen molar-refractivity contribution in [2.45, 2.75) is 39.3 Å². The summed E-state index contributed by atoms with van der Waals surface area (Å²) < 4.78 is 6.05. The Balaban J connectivity index is 0.00000131. The van der Waals surface area contributed by atoms with Gasteiger partial charge in [-0.2, -0.15) is 0 Å². The van der Waals surface area contributed by atoms with Crippen molar-refractivity contribution in [1.82, 2.24) is 0 Å². The summed E-state index contributed by atoms with van der Waals surface area (Å²) >= 11 is 0. The first-order chi connectivity index (χ1) is 11.8. The van der Waals surface area contributed by atoms with Crippen LogP contribution in [0.25, 0.3) is 21.5 Å². The average Bonchev–Trinajstić information content (AvgIpc) is 3.00. The standard InChI is InChI=1S/C21H26NO2Si.2ClH.Ti/c1-21(2,3)22-18-15(10-11-23)17-14-9-7-6-8-13(14)12-16(17)19-20(18)25(19,5)24-4;;;/h6-9,12,22-23H,10-11H2,1-5H3;2*1H;/q-1;;;+3/p-2. The molecular formula is C21H26Cl2NO2SiTi. The molecule has 7 heteroatoms. The van der Waals surface area contributed by atoms with Gasteiger partial charge in [-0.3, -0.25) is 0 Å². The van der Waals surface area contributed by atoms with Gasteiger partial charge in [0.05, 0.1) is 0 Å². The number of aliphatic hydroxyl groups is 1. The first-order valence-electron chi connectivity index (χ1n) is 8.94. The Labute approximate surface area is 195 Å². The van der Waals surface area contributed by atoms with E-state index in [-0.39, 0.29) is 58.7 Å². The first kappa shape index (κ1) is 25.6. The van der Waals surface area contributed by atoms with Gasteiger partial charge in [0.1, 0.15) is 0 Å². The van der Waals surface area contributed by atoms with Crippen LogP contribution in [0.5, 0.6) is 0 Å². The van der Waals surface area contributed by atoms with Gasteiger partial charge in [-0.1, -0.05) is 28.9 Å². The third kappa shape index (κ3) is 3.81. The fraction of sp³-hybridized carbons (Fsp3) is 0.381. The van der Waals surface area contributed by atoms with E-state index in [0.29, 0.717) is 6.42 Å². The van der Waals surface area contributed by atoms with Crippen molar-refractivity contribution >= 4 is 45.9 Å². The second-order valence-electron chi connectivity index (χ2n) is 8.21. The van der Waals surface area contributed by atoms with Crippen molar-refractivity contribution in [3.63, 3.8) is 0 Å². The zero-order valence-corrected chi connectivity index (χ0v) is 21.0. The van der Waals surface area contributed by atoms with Crippen LogP contribution in [0.4, 0.5) is 5.69 Å². The normalized spacial score (nSPS) is 17.4. The van der Waals surface area contributed by atoms with E-state index in [1.807, 2.05) is 7.11 Å². The van der Waals surface area contributed by atoms with Crippen LogP contribution in [-0.4, -0.2) is 32.7 Å². The quantitative estimate of drug-likeness (QED) is 0.318. The van der Waals surface area contributed by atoms with Crippen molar-refractivity contribution < 1.29 is 56.1 Å². The number of rotatable bonds is 4. The number of hydrogen-bond acceptors (Lipinski definition) is 3. The van der Waals surface area contributed by atoms with Crippen LogP contribution >= 0.6 is 0 Å². The molecule has 0 spiro atoms. The summed E-state index contributed by atoms with van der Waals surface area (Å²) in [5, 5.41) is 21.5. The van der Waals surface area contributed by atoms with Crippen molar-refractivity contribution in [1.29, 1.82) is 0 Å². The fourth-order valence-electron chi connectivity index (χ4n) is 4.21. The van der Waals surface area contributed by atoms with Gasteiger partial charge in [-0.25, -0.2) is 0 Å². The van der Waals surface area contributed by atoms with Crippen molar-refractivity contribution in [3.05, 3.63) is 35.9 Å². The zero-order chi connectivity index (χ0) is 18.0. The van der Waals surface area contributed by atoms with E-state index < -0.39 is 8.32 Å².